The van der Waals surface area contributed by atoms with Crippen molar-refractivity contribution in [1.29, 1.82) is 0 Å². The standard InChI is InChI=1S/C17H21NO.ClH/c1-18(2)13-6-14-19-17-11-9-16(10-12-17)15-7-4-3-5-8-15;/h3-5,7-12H,6,13-14H2,1-2H3;1H. The topological polar surface area (TPSA) is 12.5 Å². The van der Waals surface area contributed by atoms with Gasteiger partial charge in [-0.1, -0.05) is 42.5 Å². The number of rotatable bonds is 6. The van der Waals surface area contributed by atoms with Crippen LogP contribution in [0.5, 0.6) is 5.75 Å². The Bertz CT molecular complexity index is 482. The summed E-state index contributed by atoms with van der Waals surface area (Å²) in [6.45, 7) is 1.82. The van der Waals surface area contributed by atoms with Crippen molar-refractivity contribution in [3.8, 4) is 16.9 Å². The highest BCUT2D eigenvalue weighted by Gasteiger charge is 1.98. The van der Waals surface area contributed by atoms with Crippen LogP contribution >= 0.6 is 12.4 Å². The summed E-state index contributed by atoms with van der Waals surface area (Å²) < 4.78 is 5.72. The Morgan fingerprint density at radius 1 is 0.850 bits per heavy atom. The predicted molar refractivity (Wildman–Crippen MR) is 87.8 cm³/mol. The van der Waals surface area contributed by atoms with E-state index in [1.165, 1.54) is 11.1 Å². The zero-order valence-corrected chi connectivity index (χ0v) is 12.9. The van der Waals surface area contributed by atoms with Crippen molar-refractivity contribution in [2.75, 3.05) is 27.2 Å². The molecule has 0 amide bonds. The average Bonchev–Trinajstić information content (AvgIpc) is 2.45. The normalized spacial score (nSPS) is 10.2. The summed E-state index contributed by atoms with van der Waals surface area (Å²) in [5.41, 5.74) is 2.46. The fraction of sp³-hybridized carbons (Fsp3) is 0.294. The average molecular weight is 292 g/mol. The van der Waals surface area contributed by atoms with Crippen molar-refractivity contribution in [3.05, 3.63) is 54.6 Å². The number of nitrogens with zero attached hydrogens (tertiary/aromatic N) is 1. The first kappa shape index (κ1) is 16.5. The zero-order valence-electron chi connectivity index (χ0n) is 12.1. The van der Waals surface area contributed by atoms with Crippen molar-refractivity contribution in [3.63, 3.8) is 0 Å². The van der Waals surface area contributed by atoms with Gasteiger partial charge < -0.3 is 9.64 Å². The molecular formula is C17H22ClNO. The summed E-state index contributed by atoms with van der Waals surface area (Å²) in [6.07, 6.45) is 1.05. The maximum atomic E-state index is 5.72. The van der Waals surface area contributed by atoms with Gasteiger partial charge in [-0.2, -0.15) is 0 Å². The van der Waals surface area contributed by atoms with Crippen molar-refractivity contribution < 1.29 is 4.74 Å². The third-order valence-corrected chi connectivity index (χ3v) is 2.98. The maximum Gasteiger partial charge on any atom is 0.119 e. The lowest BCUT2D eigenvalue weighted by molar-refractivity contribution is 0.281. The van der Waals surface area contributed by atoms with Gasteiger partial charge in [-0.25, -0.2) is 0 Å². The van der Waals surface area contributed by atoms with E-state index < -0.39 is 0 Å². The van der Waals surface area contributed by atoms with E-state index in [0.29, 0.717) is 0 Å². The predicted octanol–water partition coefficient (Wildman–Crippen LogP) is 4.11. The molecule has 0 aliphatic carbocycles. The van der Waals surface area contributed by atoms with Gasteiger partial charge in [0, 0.05) is 6.54 Å². The Morgan fingerprint density at radius 3 is 2.05 bits per heavy atom. The van der Waals surface area contributed by atoms with Crippen LogP contribution in [0.25, 0.3) is 11.1 Å². The molecule has 2 rings (SSSR count). The molecule has 2 aromatic rings. The van der Waals surface area contributed by atoms with Crippen LogP contribution in [0.2, 0.25) is 0 Å². The second-order valence-corrected chi connectivity index (χ2v) is 4.90. The highest BCUT2D eigenvalue weighted by molar-refractivity contribution is 5.85. The molecule has 20 heavy (non-hydrogen) atoms. The molecule has 0 saturated carbocycles. The van der Waals surface area contributed by atoms with Gasteiger partial charge in [-0.15, -0.1) is 12.4 Å². The molecular weight excluding hydrogens is 270 g/mol. The van der Waals surface area contributed by atoms with E-state index in [2.05, 4.69) is 55.4 Å². The molecule has 0 heterocycles. The van der Waals surface area contributed by atoms with E-state index in [0.717, 1.165) is 25.3 Å². The van der Waals surface area contributed by atoms with Gasteiger partial charge in [0.2, 0.25) is 0 Å². The molecule has 0 aromatic heterocycles. The van der Waals surface area contributed by atoms with Crippen LogP contribution in [-0.2, 0) is 0 Å². The summed E-state index contributed by atoms with van der Waals surface area (Å²) in [6, 6.07) is 18.7. The highest BCUT2D eigenvalue weighted by Crippen LogP contribution is 2.21. The van der Waals surface area contributed by atoms with Crippen LogP contribution in [0.3, 0.4) is 0 Å². The van der Waals surface area contributed by atoms with Crippen LogP contribution < -0.4 is 4.74 Å². The quantitative estimate of drug-likeness (QED) is 0.743. The monoisotopic (exact) mass is 291 g/mol. The minimum atomic E-state index is 0. The molecule has 0 unspecified atom stereocenters. The molecule has 108 valence electrons. The second-order valence-electron chi connectivity index (χ2n) is 4.90. The molecule has 2 nitrogen and oxygen atoms in total. The molecule has 0 N–H and O–H groups in total. The van der Waals surface area contributed by atoms with E-state index in [4.69, 9.17) is 4.74 Å². The van der Waals surface area contributed by atoms with Gasteiger partial charge in [0.05, 0.1) is 6.61 Å². The molecule has 3 heteroatoms. The Hall–Kier alpha value is -1.51. The van der Waals surface area contributed by atoms with Gasteiger partial charge >= 0.3 is 0 Å². The van der Waals surface area contributed by atoms with Crippen LogP contribution in [0.4, 0.5) is 0 Å². The summed E-state index contributed by atoms with van der Waals surface area (Å²) in [7, 11) is 4.16. The van der Waals surface area contributed by atoms with Crippen LogP contribution in [0, 0.1) is 0 Å². The third-order valence-electron chi connectivity index (χ3n) is 2.98. The first-order chi connectivity index (χ1) is 9.25. The molecule has 0 saturated heterocycles. The minimum absolute atomic E-state index is 0. The molecule has 2 aromatic carbocycles. The van der Waals surface area contributed by atoms with Crippen molar-refractivity contribution in [2.24, 2.45) is 0 Å². The summed E-state index contributed by atoms with van der Waals surface area (Å²) in [4.78, 5) is 2.17. The molecule has 0 bridgehead atoms. The smallest absolute Gasteiger partial charge is 0.119 e. The lowest BCUT2D eigenvalue weighted by Crippen LogP contribution is -2.15. The Kier molecular flexibility index (Phi) is 7.13. The first-order valence-electron chi connectivity index (χ1n) is 6.69. The number of ether oxygens (including phenoxy) is 1. The van der Waals surface area contributed by atoms with E-state index in [1.54, 1.807) is 0 Å². The fourth-order valence-corrected chi connectivity index (χ4v) is 1.95. The van der Waals surface area contributed by atoms with Gasteiger partial charge in [-0.3, -0.25) is 0 Å². The number of hydrogen-bond acceptors (Lipinski definition) is 2. The SMILES string of the molecule is CN(C)CCCOc1ccc(-c2ccccc2)cc1.Cl. The molecule has 0 atom stereocenters. The van der Waals surface area contributed by atoms with E-state index >= 15 is 0 Å². The molecule has 0 spiro atoms. The van der Waals surface area contributed by atoms with Gasteiger partial charge in [-0.05, 0) is 43.8 Å². The number of hydrogen-bond donors (Lipinski definition) is 0. The maximum absolute atomic E-state index is 5.72. The Morgan fingerprint density at radius 2 is 1.45 bits per heavy atom. The number of benzene rings is 2. The lowest BCUT2D eigenvalue weighted by Gasteiger charge is -2.10. The molecule has 0 aliphatic heterocycles. The molecule has 0 fully saturated rings. The first-order valence-corrected chi connectivity index (χ1v) is 6.69. The fourth-order valence-electron chi connectivity index (χ4n) is 1.95. The third kappa shape index (κ3) is 5.24. The van der Waals surface area contributed by atoms with E-state index in [1.807, 2.05) is 18.2 Å². The van der Waals surface area contributed by atoms with Crippen molar-refractivity contribution >= 4 is 12.4 Å². The molecule has 0 aliphatic rings. The van der Waals surface area contributed by atoms with Crippen LogP contribution in [0.1, 0.15) is 6.42 Å². The van der Waals surface area contributed by atoms with Gasteiger partial charge in [0.1, 0.15) is 5.75 Å². The van der Waals surface area contributed by atoms with Crippen molar-refractivity contribution in [1.82, 2.24) is 4.90 Å². The Balaban J connectivity index is 0.00000200. The zero-order chi connectivity index (χ0) is 13.5. The summed E-state index contributed by atoms with van der Waals surface area (Å²) in [5.74, 6) is 0.943. The second kappa shape index (κ2) is 8.62. The Labute approximate surface area is 127 Å². The van der Waals surface area contributed by atoms with Crippen molar-refractivity contribution in [2.45, 2.75) is 6.42 Å². The largest absolute Gasteiger partial charge is 0.494 e. The van der Waals surface area contributed by atoms with Crippen LogP contribution in [-0.4, -0.2) is 32.1 Å². The summed E-state index contributed by atoms with van der Waals surface area (Å²) in [5, 5.41) is 0. The minimum Gasteiger partial charge on any atom is -0.494 e. The number of halogens is 1. The highest BCUT2D eigenvalue weighted by atomic mass is 35.5. The molecule has 0 radical (unpaired) electrons. The van der Waals surface area contributed by atoms with Gasteiger partial charge in [0.25, 0.3) is 0 Å². The lowest BCUT2D eigenvalue weighted by atomic mass is 10.1. The van der Waals surface area contributed by atoms with Gasteiger partial charge in [0.15, 0.2) is 0 Å². The van der Waals surface area contributed by atoms with E-state index in [-0.39, 0.29) is 12.4 Å². The van der Waals surface area contributed by atoms with E-state index in [9.17, 15) is 0 Å². The van der Waals surface area contributed by atoms with Crippen LogP contribution in [0.15, 0.2) is 54.6 Å². The summed E-state index contributed by atoms with van der Waals surface area (Å²) >= 11 is 0.